The molecule has 0 saturated heterocycles. The Balaban J connectivity index is 1.22. The quantitative estimate of drug-likeness (QED) is 0.176. The molecule has 0 aliphatic rings. The summed E-state index contributed by atoms with van der Waals surface area (Å²) in [4.78, 5) is 11.9. The average molecular weight is 640 g/mol. The van der Waals surface area contributed by atoms with Crippen LogP contribution in [0.25, 0.3) is 76.8 Å². The Labute approximate surface area is 288 Å². The topological polar surface area (TPSA) is 42.2 Å². The van der Waals surface area contributed by atoms with Crippen molar-refractivity contribution in [1.82, 2.24) is 9.97 Å². The zero-order valence-electron chi connectivity index (χ0n) is 27.0. The molecule has 4 nitrogen and oxygen atoms in total. The molecule has 0 fully saturated rings. The summed E-state index contributed by atoms with van der Waals surface area (Å²) in [6.07, 6.45) is 3.64. The van der Waals surface area contributed by atoms with E-state index in [9.17, 15) is 0 Å². The third-order valence-corrected chi connectivity index (χ3v) is 9.71. The minimum absolute atomic E-state index is 0.732. The number of pyridine rings is 2. The van der Waals surface area contributed by atoms with Crippen molar-refractivity contribution in [3.05, 3.63) is 176 Å². The molecule has 0 aliphatic heterocycles. The molecule has 0 aliphatic carbocycles. The minimum Gasteiger partial charge on any atom is -0.452 e. The second-order valence-corrected chi connectivity index (χ2v) is 12.6. The molecule has 7 aromatic carbocycles. The third-order valence-electron chi connectivity index (χ3n) is 9.71. The molecule has 0 spiro atoms. The standard InChI is InChI=1S/C46H29N3O/c1-2-11-30(12-3-1)32-14-8-16-36(27-32)49(41-29-34-15-9-25-47-44(34)46-43(41)45-42(50-46)20-10-26-48-45)35-23-21-31(22-24-35)40-28-33-13-4-5-17-37(33)38-18-6-7-19-39(38)40/h1-29H. The second kappa shape index (κ2) is 11.4. The highest BCUT2D eigenvalue weighted by atomic mass is 16.3. The lowest BCUT2D eigenvalue weighted by Gasteiger charge is -2.27. The fraction of sp³-hybridized carbons (Fsp3) is 0. The van der Waals surface area contributed by atoms with E-state index in [1.165, 1.54) is 27.1 Å². The highest BCUT2D eigenvalue weighted by Gasteiger charge is 2.23. The van der Waals surface area contributed by atoms with Crippen molar-refractivity contribution in [2.45, 2.75) is 0 Å². The van der Waals surface area contributed by atoms with Crippen LogP contribution in [-0.2, 0) is 0 Å². The highest BCUT2D eigenvalue weighted by molar-refractivity contribution is 6.20. The Morgan fingerprint density at radius 3 is 2.00 bits per heavy atom. The number of hydrogen-bond acceptors (Lipinski definition) is 4. The monoisotopic (exact) mass is 639 g/mol. The highest BCUT2D eigenvalue weighted by Crippen LogP contribution is 2.46. The number of aromatic nitrogens is 2. The molecule has 0 saturated carbocycles. The van der Waals surface area contributed by atoms with Crippen LogP contribution in [-0.4, -0.2) is 9.97 Å². The van der Waals surface area contributed by atoms with E-state index in [0.717, 1.165) is 66.7 Å². The lowest BCUT2D eigenvalue weighted by molar-refractivity contribution is 0.671. The van der Waals surface area contributed by atoms with Gasteiger partial charge in [0.1, 0.15) is 11.0 Å². The zero-order valence-corrected chi connectivity index (χ0v) is 27.0. The van der Waals surface area contributed by atoms with Crippen LogP contribution in [0.3, 0.4) is 0 Å². The first-order valence-electron chi connectivity index (χ1n) is 16.8. The van der Waals surface area contributed by atoms with Crippen LogP contribution >= 0.6 is 0 Å². The molecule has 0 radical (unpaired) electrons. The van der Waals surface area contributed by atoms with Crippen LogP contribution < -0.4 is 4.90 Å². The first-order valence-corrected chi connectivity index (χ1v) is 16.8. The van der Waals surface area contributed by atoms with Gasteiger partial charge in [0.05, 0.1) is 11.1 Å². The van der Waals surface area contributed by atoms with Gasteiger partial charge in [0.15, 0.2) is 11.2 Å². The van der Waals surface area contributed by atoms with E-state index in [0.29, 0.717) is 0 Å². The predicted octanol–water partition coefficient (Wildman–Crippen LogP) is 12.6. The zero-order chi connectivity index (χ0) is 33.0. The fourth-order valence-electron chi connectivity index (χ4n) is 7.42. The van der Waals surface area contributed by atoms with Crippen molar-refractivity contribution >= 4 is 71.6 Å². The molecule has 10 rings (SSSR count). The van der Waals surface area contributed by atoms with Gasteiger partial charge in [-0.05, 0) is 98.4 Å². The van der Waals surface area contributed by atoms with Crippen LogP contribution in [0, 0.1) is 0 Å². The molecule has 0 bridgehead atoms. The van der Waals surface area contributed by atoms with E-state index in [4.69, 9.17) is 14.4 Å². The summed E-state index contributed by atoms with van der Waals surface area (Å²) in [5.41, 5.74) is 10.8. The fourth-order valence-corrected chi connectivity index (χ4v) is 7.42. The van der Waals surface area contributed by atoms with Gasteiger partial charge in [0.25, 0.3) is 0 Å². The molecule has 50 heavy (non-hydrogen) atoms. The summed E-state index contributed by atoms with van der Waals surface area (Å²) in [6.45, 7) is 0. The van der Waals surface area contributed by atoms with Crippen molar-refractivity contribution in [2.75, 3.05) is 4.90 Å². The van der Waals surface area contributed by atoms with E-state index in [1.807, 2.05) is 30.6 Å². The third kappa shape index (κ3) is 4.54. The molecule has 0 N–H and O–H groups in total. The molecular formula is C46H29N3O. The van der Waals surface area contributed by atoms with Crippen molar-refractivity contribution in [3.8, 4) is 22.3 Å². The van der Waals surface area contributed by atoms with E-state index in [-0.39, 0.29) is 0 Å². The first kappa shape index (κ1) is 28.3. The Morgan fingerprint density at radius 1 is 0.440 bits per heavy atom. The number of rotatable bonds is 5. The molecule has 3 heterocycles. The van der Waals surface area contributed by atoms with Crippen LogP contribution in [0.2, 0.25) is 0 Å². The lowest BCUT2D eigenvalue weighted by atomic mass is 9.93. The molecule has 10 aromatic rings. The van der Waals surface area contributed by atoms with Crippen LogP contribution in [0.5, 0.6) is 0 Å². The first-order chi connectivity index (χ1) is 24.8. The van der Waals surface area contributed by atoms with Gasteiger partial charge in [-0.1, -0.05) is 109 Å². The van der Waals surface area contributed by atoms with E-state index >= 15 is 0 Å². The SMILES string of the molecule is c1ccc(-c2cccc(N(c3ccc(-c4cc5ccccc5c5ccccc45)cc3)c3cc4cccnc4c4oc5cccnc5c34)c2)cc1. The largest absolute Gasteiger partial charge is 0.452 e. The van der Waals surface area contributed by atoms with Gasteiger partial charge >= 0.3 is 0 Å². The number of furan rings is 1. The van der Waals surface area contributed by atoms with Gasteiger partial charge in [0.2, 0.25) is 0 Å². The van der Waals surface area contributed by atoms with Gasteiger partial charge in [-0.15, -0.1) is 0 Å². The van der Waals surface area contributed by atoms with Crippen molar-refractivity contribution in [2.24, 2.45) is 0 Å². The van der Waals surface area contributed by atoms with Crippen LogP contribution in [0.1, 0.15) is 0 Å². The molecule has 234 valence electrons. The maximum atomic E-state index is 6.52. The molecule has 3 aromatic heterocycles. The molecule has 4 heteroatoms. The number of anilines is 3. The number of nitrogens with zero attached hydrogens (tertiary/aromatic N) is 3. The summed E-state index contributed by atoms with van der Waals surface area (Å²) in [5.74, 6) is 0. The van der Waals surface area contributed by atoms with Crippen molar-refractivity contribution < 1.29 is 4.42 Å². The van der Waals surface area contributed by atoms with Gasteiger partial charge in [-0.2, -0.15) is 0 Å². The normalized spacial score (nSPS) is 11.6. The summed E-state index contributed by atoms with van der Waals surface area (Å²) in [7, 11) is 0. The molecule has 0 amide bonds. The number of benzene rings is 7. The smallest absolute Gasteiger partial charge is 0.165 e. The predicted molar refractivity (Wildman–Crippen MR) is 207 cm³/mol. The van der Waals surface area contributed by atoms with Crippen LogP contribution in [0.4, 0.5) is 17.1 Å². The lowest BCUT2D eigenvalue weighted by Crippen LogP contribution is -2.11. The summed E-state index contributed by atoms with van der Waals surface area (Å²) in [6, 6.07) is 58.0. The van der Waals surface area contributed by atoms with Gasteiger partial charge in [-0.25, -0.2) is 0 Å². The summed E-state index contributed by atoms with van der Waals surface area (Å²) in [5, 5.41) is 6.93. The van der Waals surface area contributed by atoms with Gasteiger partial charge in [0, 0.05) is 29.2 Å². The molecular weight excluding hydrogens is 611 g/mol. The molecule has 0 unspecified atom stereocenters. The Kier molecular flexibility index (Phi) is 6.46. The van der Waals surface area contributed by atoms with Crippen LogP contribution in [0.15, 0.2) is 181 Å². The minimum atomic E-state index is 0.732. The van der Waals surface area contributed by atoms with Gasteiger partial charge < -0.3 is 9.32 Å². The second-order valence-electron chi connectivity index (χ2n) is 12.6. The van der Waals surface area contributed by atoms with E-state index in [2.05, 4.69) is 150 Å². The Morgan fingerprint density at radius 2 is 1.14 bits per heavy atom. The van der Waals surface area contributed by atoms with E-state index < -0.39 is 0 Å². The average Bonchev–Trinajstić information content (AvgIpc) is 3.59. The van der Waals surface area contributed by atoms with Crippen molar-refractivity contribution in [3.63, 3.8) is 0 Å². The summed E-state index contributed by atoms with van der Waals surface area (Å²) >= 11 is 0. The van der Waals surface area contributed by atoms with Gasteiger partial charge in [-0.3, -0.25) is 9.97 Å². The maximum Gasteiger partial charge on any atom is 0.165 e. The Bertz CT molecular complexity index is 2880. The molecule has 0 atom stereocenters. The van der Waals surface area contributed by atoms with Crippen molar-refractivity contribution in [1.29, 1.82) is 0 Å². The number of fused-ring (bicyclic) bond motifs is 8. The number of hydrogen-bond donors (Lipinski definition) is 0. The Hall–Kier alpha value is -6.78. The maximum absolute atomic E-state index is 6.52. The summed E-state index contributed by atoms with van der Waals surface area (Å²) < 4.78 is 6.52. The van der Waals surface area contributed by atoms with E-state index in [1.54, 1.807) is 0 Å².